The van der Waals surface area contributed by atoms with Gasteiger partial charge in [0.15, 0.2) is 0 Å². The Kier molecular flexibility index (Phi) is 7.65. The monoisotopic (exact) mass is 465 g/mol. The average Bonchev–Trinajstić information content (AvgIpc) is 3.37. The number of aromatic amines is 1. The van der Waals surface area contributed by atoms with Gasteiger partial charge in [-0.3, -0.25) is 14.4 Å². The first-order valence-corrected chi connectivity index (χ1v) is 11.9. The van der Waals surface area contributed by atoms with Crippen LogP contribution in [0.5, 0.6) is 0 Å². The standard InChI is InChI=1S/C26H35N5O3/c1-15(2)16-6-7-20-18(10-16)12-21(30-20)24(33)31-22(13-26(3,4)5)25(34)29-19(14-27)11-17-8-9-28-23(17)32/h6-7,10,12,15,17,19,22,30H,8-9,11,13H2,1-5H3,(H,28,32)(H,29,34)(H,31,33)/t17-,19-,22-/m0/s1. The maximum Gasteiger partial charge on any atom is 0.268 e. The Balaban J connectivity index is 1.74. The summed E-state index contributed by atoms with van der Waals surface area (Å²) in [7, 11) is 0. The zero-order valence-electron chi connectivity index (χ0n) is 20.6. The Morgan fingerprint density at radius 1 is 1.21 bits per heavy atom. The minimum Gasteiger partial charge on any atom is -0.356 e. The molecule has 1 aromatic carbocycles. The molecule has 182 valence electrons. The molecule has 0 bridgehead atoms. The zero-order valence-corrected chi connectivity index (χ0v) is 20.6. The smallest absolute Gasteiger partial charge is 0.268 e. The molecule has 1 aliphatic heterocycles. The van der Waals surface area contributed by atoms with Crippen molar-refractivity contribution in [2.45, 2.75) is 71.9 Å². The average molecular weight is 466 g/mol. The van der Waals surface area contributed by atoms with E-state index in [4.69, 9.17) is 0 Å². The maximum atomic E-state index is 13.1. The molecule has 34 heavy (non-hydrogen) atoms. The summed E-state index contributed by atoms with van der Waals surface area (Å²) in [6.07, 6.45) is 1.29. The fraction of sp³-hybridized carbons (Fsp3) is 0.538. The summed E-state index contributed by atoms with van der Waals surface area (Å²) in [5, 5.41) is 18.8. The van der Waals surface area contributed by atoms with Crippen molar-refractivity contribution in [1.82, 2.24) is 20.9 Å². The van der Waals surface area contributed by atoms with Crippen LogP contribution < -0.4 is 16.0 Å². The normalized spacial score (nSPS) is 17.8. The van der Waals surface area contributed by atoms with Gasteiger partial charge in [-0.2, -0.15) is 5.26 Å². The first-order chi connectivity index (χ1) is 16.0. The van der Waals surface area contributed by atoms with Crippen LogP contribution >= 0.6 is 0 Å². The van der Waals surface area contributed by atoms with E-state index < -0.39 is 18.0 Å². The van der Waals surface area contributed by atoms with Gasteiger partial charge in [0.25, 0.3) is 5.91 Å². The largest absolute Gasteiger partial charge is 0.356 e. The molecule has 3 atom stereocenters. The fourth-order valence-corrected chi connectivity index (χ4v) is 4.26. The lowest BCUT2D eigenvalue weighted by Gasteiger charge is -2.27. The number of amides is 3. The van der Waals surface area contributed by atoms with Crippen molar-refractivity contribution in [1.29, 1.82) is 5.26 Å². The van der Waals surface area contributed by atoms with Crippen LogP contribution in [-0.2, 0) is 9.59 Å². The highest BCUT2D eigenvalue weighted by Crippen LogP contribution is 2.24. The summed E-state index contributed by atoms with van der Waals surface area (Å²) in [5.74, 6) is -0.808. The predicted molar refractivity (Wildman–Crippen MR) is 131 cm³/mol. The molecule has 8 heteroatoms. The van der Waals surface area contributed by atoms with Crippen LogP contribution in [0.15, 0.2) is 24.3 Å². The summed E-state index contributed by atoms with van der Waals surface area (Å²) in [5.41, 5.74) is 2.17. The van der Waals surface area contributed by atoms with Crippen molar-refractivity contribution in [3.63, 3.8) is 0 Å². The van der Waals surface area contributed by atoms with Crippen LogP contribution in [0.25, 0.3) is 10.9 Å². The molecule has 0 spiro atoms. The number of H-pyrrole nitrogens is 1. The van der Waals surface area contributed by atoms with Gasteiger partial charge in [-0.25, -0.2) is 0 Å². The number of hydrogen-bond donors (Lipinski definition) is 4. The third kappa shape index (κ3) is 6.37. The zero-order chi connectivity index (χ0) is 25.0. The third-order valence-corrected chi connectivity index (χ3v) is 6.15. The van der Waals surface area contributed by atoms with E-state index in [1.165, 1.54) is 5.56 Å². The fourth-order valence-electron chi connectivity index (χ4n) is 4.26. The number of nitrogens with zero attached hydrogens (tertiary/aromatic N) is 1. The van der Waals surface area contributed by atoms with Crippen LogP contribution in [0.2, 0.25) is 0 Å². The Morgan fingerprint density at radius 2 is 1.94 bits per heavy atom. The van der Waals surface area contributed by atoms with E-state index in [1.807, 2.05) is 32.9 Å². The van der Waals surface area contributed by atoms with Crippen LogP contribution in [0.3, 0.4) is 0 Å². The van der Waals surface area contributed by atoms with Gasteiger partial charge in [-0.15, -0.1) is 0 Å². The van der Waals surface area contributed by atoms with E-state index in [-0.39, 0.29) is 29.6 Å². The lowest BCUT2D eigenvalue weighted by Crippen LogP contribution is -2.51. The Hall–Kier alpha value is -3.34. The molecule has 8 nitrogen and oxygen atoms in total. The first-order valence-electron chi connectivity index (χ1n) is 11.9. The molecule has 0 saturated carbocycles. The van der Waals surface area contributed by atoms with Crippen molar-refractivity contribution in [3.05, 3.63) is 35.5 Å². The van der Waals surface area contributed by atoms with Crippen molar-refractivity contribution in [3.8, 4) is 6.07 Å². The Bertz CT molecular complexity index is 1110. The molecule has 1 aromatic heterocycles. The number of nitriles is 1. The number of carbonyl (C=O) groups is 3. The van der Waals surface area contributed by atoms with Gasteiger partial charge >= 0.3 is 0 Å². The third-order valence-electron chi connectivity index (χ3n) is 6.15. The minimum absolute atomic E-state index is 0.0894. The molecule has 0 unspecified atom stereocenters. The molecule has 0 aliphatic carbocycles. The number of benzene rings is 1. The molecule has 3 amide bonds. The summed E-state index contributed by atoms with van der Waals surface area (Å²) < 4.78 is 0. The van der Waals surface area contributed by atoms with Gasteiger partial charge in [-0.05, 0) is 54.4 Å². The number of fused-ring (bicyclic) bond motifs is 1. The number of aromatic nitrogens is 1. The highest BCUT2D eigenvalue weighted by Gasteiger charge is 2.31. The summed E-state index contributed by atoms with van der Waals surface area (Å²) in [4.78, 5) is 41.2. The minimum atomic E-state index is -0.821. The van der Waals surface area contributed by atoms with Crippen LogP contribution in [0, 0.1) is 22.7 Å². The SMILES string of the molecule is CC(C)c1ccc2[nH]c(C(=O)N[C@@H](CC(C)(C)C)C(=O)N[C@H](C#N)C[C@@H]3CCNC3=O)cc2c1. The van der Waals surface area contributed by atoms with Crippen molar-refractivity contribution >= 4 is 28.6 Å². The van der Waals surface area contributed by atoms with E-state index in [9.17, 15) is 19.6 Å². The molecule has 4 N–H and O–H groups in total. The second-order valence-corrected chi connectivity index (χ2v) is 10.7. The second kappa shape index (κ2) is 10.3. The lowest BCUT2D eigenvalue weighted by molar-refractivity contribution is -0.125. The second-order valence-electron chi connectivity index (χ2n) is 10.7. The van der Waals surface area contributed by atoms with E-state index in [2.05, 4.69) is 46.9 Å². The van der Waals surface area contributed by atoms with Gasteiger partial charge in [0.1, 0.15) is 17.8 Å². The number of nitrogens with one attached hydrogen (secondary N) is 4. The van der Waals surface area contributed by atoms with E-state index >= 15 is 0 Å². The van der Waals surface area contributed by atoms with Crippen molar-refractivity contribution in [2.75, 3.05) is 6.54 Å². The highest BCUT2D eigenvalue weighted by atomic mass is 16.2. The van der Waals surface area contributed by atoms with Crippen LogP contribution in [0.4, 0.5) is 0 Å². The number of hydrogen-bond acceptors (Lipinski definition) is 4. The van der Waals surface area contributed by atoms with Crippen molar-refractivity contribution in [2.24, 2.45) is 11.3 Å². The van der Waals surface area contributed by atoms with Gasteiger partial charge in [0, 0.05) is 23.4 Å². The Morgan fingerprint density at radius 3 is 2.53 bits per heavy atom. The quantitative estimate of drug-likeness (QED) is 0.477. The van der Waals surface area contributed by atoms with Gasteiger partial charge < -0.3 is 20.9 Å². The van der Waals surface area contributed by atoms with Gasteiger partial charge in [-0.1, -0.05) is 40.7 Å². The summed E-state index contributed by atoms with van der Waals surface area (Å²) in [6, 6.07) is 8.30. The molecule has 1 aliphatic rings. The summed E-state index contributed by atoms with van der Waals surface area (Å²) in [6.45, 7) is 10.8. The van der Waals surface area contributed by atoms with E-state index in [0.29, 0.717) is 31.0 Å². The molecule has 2 aromatic rings. The maximum absolute atomic E-state index is 13.1. The van der Waals surface area contributed by atoms with Crippen LogP contribution in [-0.4, -0.2) is 41.3 Å². The molecule has 0 radical (unpaired) electrons. The Labute approximate surface area is 200 Å². The molecule has 3 rings (SSSR count). The number of rotatable bonds is 8. The highest BCUT2D eigenvalue weighted by molar-refractivity contribution is 6.00. The molecule has 1 fully saturated rings. The summed E-state index contributed by atoms with van der Waals surface area (Å²) >= 11 is 0. The van der Waals surface area contributed by atoms with Gasteiger partial charge in [0.05, 0.1) is 6.07 Å². The first kappa shape index (κ1) is 25.3. The van der Waals surface area contributed by atoms with E-state index in [1.54, 1.807) is 6.07 Å². The van der Waals surface area contributed by atoms with Crippen LogP contribution in [0.1, 0.15) is 75.9 Å². The molecule has 1 saturated heterocycles. The molecular formula is C26H35N5O3. The molecular weight excluding hydrogens is 430 g/mol. The number of carbonyl (C=O) groups excluding carboxylic acids is 3. The van der Waals surface area contributed by atoms with Gasteiger partial charge in [0.2, 0.25) is 11.8 Å². The molecule has 2 heterocycles. The predicted octanol–water partition coefficient (Wildman–Crippen LogP) is 3.36. The van der Waals surface area contributed by atoms with E-state index in [0.717, 1.165) is 10.9 Å². The van der Waals surface area contributed by atoms with Crippen molar-refractivity contribution < 1.29 is 14.4 Å². The topological polar surface area (TPSA) is 127 Å². The lowest BCUT2D eigenvalue weighted by atomic mass is 9.87.